The number of likely N-dealkylation sites (tertiary alicyclic amines) is 1. The molecule has 1 aliphatic heterocycles. The van der Waals surface area contributed by atoms with Crippen molar-refractivity contribution in [1.29, 1.82) is 0 Å². The lowest BCUT2D eigenvalue weighted by molar-refractivity contribution is -0.142. The topological polar surface area (TPSA) is 37.4 Å². The molecule has 1 amide bonds. The van der Waals surface area contributed by atoms with Gasteiger partial charge in [0.05, 0.1) is 6.42 Å². The normalized spacial score (nSPS) is 32.7. The first kappa shape index (κ1) is 11.6. The second-order valence-corrected chi connectivity index (χ2v) is 5.24. The molecule has 0 bridgehead atoms. The van der Waals surface area contributed by atoms with E-state index in [0.29, 0.717) is 24.9 Å². The number of piperidine rings is 1. The maximum Gasteiger partial charge on any atom is 0.230 e. The summed E-state index contributed by atoms with van der Waals surface area (Å²) in [6.07, 6.45) is 6.87. The van der Waals surface area contributed by atoms with Crippen molar-refractivity contribution in [2.24, 2.45) is 5.92 Å². The molecule has 2 unspecified atom stereocenters. The van der Waals surface area contributed by atoms with Gasteiger partial charge in [-0.3, -0.25) is 9.59 Å². The van der Waals surface area contributed by atoms with Crippen molar-refractivity contribution >= 4 is 11.7 Å². The Morgan fingerprint density at radius 3 is 2.62 bits per heavy atom. The maximum absolute atomic E-state index is 11.9. The average Bonchev–Trinajstić information content (AvgIpc) is 2.44. The maximum atomic E-state index is 11.9. The quantitative estimate of drug-likeness (QED) is 0.504. The standard InChI is InChI=1S/C13H21NO2/c1-10-5-3-2-4-6-12(10)14-8-7-11(15)9-13(14)16/h10,12H,2-9H2,1H3. The third kappa shape index (κ3) is 2.45. The van der Waals surface area contributed by atoms with Gasteiger partial charge in [-0.2, -0.15) is 0 Å². The highest BCUT2D eigenvalue weighted by atomic mass is 16.2. The molecule has 1 saturated heterocycles. The Balaban J connectivity index is 2.04. The van der Waals surface area contributed by atoms with E-state index >= 15 is 0 Å². The minimum Gasteiger partial charge on any atom is -0.339 e. The minimum absolute atomic E-state index is 0.0648. The number of rotatable bonds is 1. The van der Waals surface area contributed by atoms with E-state index < -0.39 is 0 Å². The highest BCUT2D eigenvalue weighted by molar-refractivity contribution is 6.00. The van der Waals surface area contributed by atoms with E-state index in [0.717, 1.165) is 6.42 Å². The largest absolute Gasteiger partial charge is 0.339 e. The number of hydrogen-bond acceptors (Lipinski definition) is 2. The van der Waals surface area contributed by atoms with Crippen LogP contribution in [0.4, 0.5) is 0 Å². The van der Waals surface area contributed by atoms with Crippen molar-refractivity contribution in [2.45, 2.75) is 57.9 Å². The predicted octanol–water partition coefficient (Wildman–Crippen LogP) is 2.15. The molecule has 3 nitrogen and oxygen atoms in total. The molecule has 2 atom stereocenters. The summed E-state index contributed by atoms with van der Waals surface area (Å²) in [5, 5.41) is 0. The van der Waals surface area contributed by atoms with Gasteiger partial charge in [-0.1, -0.05) is 26.2 Å². The summed E-state index contributed by atoms with van der Waals surface area (Å²) in [7, 11) is 0. The van der Waals surface area contributed by atoms with Crippen LogP contribution in [-0.4, -0.2) is 29.2 Å². The van der Waals surface area contributed by atoms with Crippen LogP contribution >= 0.6 is 0 Å². The summed E-state index contributed by atoms with van der Waals surface area (Å²) in [5.74, 6) is 0.775. The molecule has 2 aliphatic rings. The smallest absolute Gasteiger partial charge is 0.230 e. The summed E-state index contributed by atoms with van der Waals surface area (Å²) < 4.78 is 0. The average molecular weight is 223 g/mol. The van der Waals surface area contributed by atoms with E-state index in [9.17, 15) is 9.59 Å². The number of amides is 1. The second kappa shape index (κ2) is 4.98. The first-order chi connectivity index (χ1) is 7.68. The molecule has 1 aliphatic carbocycles. The van der Waals surface area contributed by atoms with Crippen molar-refractivity contribution in [3.8, 4) is 0 Å². The van der Waals surface area contributed by atoms with Gasteiger partial charge in [0.15, 0.2) is 0 Å². The fourth-order valence-electron chi connectivity index (χ4n) is 3.02. The highest BCUT2D eigenvalue weighted by Crippen LogP contribution is 2.28. The fourth-order valence-corrected chi connectivity index (χ4v) is 3.02. The van der Waals surface area contributed by atoms with E-state index in [2.05, 4.69) is 6.92 Å². The van der Waals surface area contributed by atoms with Gasteiger partial charge in [0.25, 0.3) is 0 Å². The molecule has 0 radical (unpaired) electrons. The highest BCUT2D eigenvalue weighted by Gasteiger charge is 2.32. The van der Waals surface area contributed by atoms with Gasteiger partial charge >= 0.3 is 0 Å². The van der Waals surface area contributed by atoms with Crippen LogP contribution in [0.1, 0.15) is 51.9 Å². The van der Waals surface area contributed by atoms with Gasteiger partial charge in [-0.05, 0) is 18.8 Å². The molecule has 90 valence electrons. The lowest BCUT2D eigenvalue weighted by atomic mass is 9.93. The second-order valence-electron chi connectivity index (χ2n) is 5.24. The first-order valence-electron chi connectivity index (χ1n) is 6.49. The van der Waals surface area contributed by atoms with Gasteiger partial charge in [-0.15, -0.1) is 0 Å². The van der Waals surface area contributed by atoms with E-state index in [1.807, 2.05) is 4.90 Å². The number of carbonyl (C=O) groups excluding carboxylic acids is 2. The molecule has 16 heavy (non-hydrogen) atoms. The summed E-state index contributed by atoms with van der Waals surface area (Å²) in [6.45, 7) is 2.91. The minimum atomic E-state index is 0.0648. The summed E-state index contributed by atoms with van der Waals surface area (Å²) in [4.78, 5) is 25.1. The molecule has 3 heteroatoms. The number of nitrogens with zero attached hydrogens (tertiary/aromatic N) is 1. The molecule has 2 fully saturated rings. The Morgan fingerprint density at radius 1 is 1.12 bits per heavy atom. The molecular weight excluding hydrogens is 202 g/mol. The third-order valence-electron chi connectivity index (χ3n) is 4.02. The van der Waals surface area contributed by atoms with Crippen molar-refractivity contribution in [2.75, 3.05) is 6.54 Å². The Bertz CT molecular complexity index is 288. The molecule has 0 aromatic carbocycles. The van der Waals surface area contributed by atoms with Crippen LogP contribution in [-0.2, 0) is 9.59 Å². The zero-order chi connectivity index (χ0) is 11.5. The summed E-state index contributed by atoms with van der Waals surface area (Å²) >= 11 is 0. The number of hydrogen-bond donors (Lipinski definition) is 0. The number of ketones is 1. The van der Waals surface area contributed by atoms with Crippen LogP contribution < -0.4 is 0 Å². The Kier molecular flexibility index (Phi) is 3.62. The summed E-state index contributed by atoms with van der Waals surface area (Å²) in [5.41, 5.74) is 0. The van der Waals surface area contributed by atoms with Crippen LogP contribution in [0.5, 0.6) is 0 Å². The van der Waals surface area contributed by atoms with Gasteiger partial charge in [0, 0.05) is 19.0 Å². The lowest BCUT2D eigenvalue weighted by Gasteiger charge is -2.37. The van der Waals surface area contributed by atoms with Crippen LogP contribution in [0.25, 0.3) is 0 Å². The van der Waals surface area contributed by atoms with E-state index in [1.165, 1.54) is 25.7 Å². The molecule has 0 spiro atoms. The molecule has 1 heterocycles. The van der Waals surface area contributed by atoms with Crippen molar-refractivity contribution in [3.63, 3.8) is 0 Å². The zero-order valence-electron chi connectivity index (χ0n) is 10.1. The SMILES string of the molecule is CC1CCCCCC1N1CCC(=O)CC1=O. The van der Waals surface area contributed by atoms with Crippen LogP contribution in [0.15, 0.2) is 0 Å². The molecule has 0 aromatic rings. The molecule has 2 rings (SSSR count). The van der Waals surface area contributed by atoms with Crippen LogP contribution in [0.3, 0.4) is 0 Å². The zero-order valence-corrected chi connectivity index (χ0v) is 10.1. The molecule has 0 aromatic heterocycles. The molecular formula is C13H21NO2. The van der Waals surface area contributed by atoms with Crippen molar-refractivity contribution < 1.29 is 9.59 Å². The lowest BCUT2D eigenvalue weighted by Crippen LogP contribution is -2.48. The van der Waals surface area contributed by atoms with Crippen LogP contribution in [0.2, 0.25) is 0 Å². The Hall–Kier alpha value is -0.860. The van der Waals surface area contributed by atoms with Crippen molar-refractivity contribution in [1.82, 2.24) is 4.90 Å². The third-order valence-corrected chi connectivity index (χ3v) is 4.02. The van der Waals surface area contributed by atoms with E-state index in [-0.39, 0.29) is 18.1 Å². The van der Waals surface area contributed by atoms with Gasteiger partial charge in [0.1, 0.15) is 5.78 Å². The molecule has 0 N–H and O–H groups in total. The monoisotopic (exact) mass is 223 g/mol. The predicted molar refractivity (Wildman–Crippen MR) is 62.0 cm³/mol. The Morgan fingerprint density at radius 2 is 1.88 bits per heavy atom. The molecule has 1 saturated carbocycles. The van der Waals surface area contributed by atoms with E-state index in [1.54, 1.807) is 0 Å². The summed E-state index contributed by atoms with van der Waals surface area (Å²) in [6, 6.07) is 0.392. The first-order valence-corrected chi connectivity index (χ1v) is 6.49. The van der Waals surface area contributed by atoms with Gasteiger partial charge in [-0.25, -0.2) is 0 Å². The van der Waals surface area contributed by atoms with E-state index in [4.69, 9.17) is 0 Å². The van der Waals surface area contributed by atoms with Crippen LogP contribution in [0, 0.1) is 5.92 Å². The van der Waals surface area contributed by atoms with Gasteiger partial charge in [0.2, 0.25) is 5.91 Å². The number of Topliss-reactive ketones (excluding diaryl/α,β-unsaturated/α-hetero) is 1. The van der Waals surface area contributed by atoms with Gasteiger partial charge < -0.3 is 4.90 Å². The van der Waals surface area contributed by atoms with Crippen molar-refractivity contribution in [3.05, 3.63) is 0 Å². The Labute approximate surface area is 97.2 Å². The fraction of sp³-hybridized carbons (Fsp3) is 0.846. The number of carbonyl (C=O) groups is 2.